The average molecular weight is 316 g/mol. The van der Waals surface area contributed by atoms with Gasteiger partial charge in [0.2, 0.25) is 5.89 Å². The van der Waals surface area contributed by atoms with Crippen LogP contribution in [0.4, 0.5) is 0 Å². The third-order valence-electron chi connectivity index (χ3n) is 4.34. The first-order chi connectivity index (χ1) is 11.1. The van der Waals surface area contributed by atoms with Crippen molar-refractivity contribution in [3.8, 4) is 17.2 Å². The predicted octanol–water partition coefficient (Wildman–Crippen LogP) is 3.11. The minimum absolute atomic E-state index is 0.689. The van der Waals surface area contributed by atoms with Crippen LogP contribution in [0.15, 0.2) is 16.5 Å². The highest BCUT2D eigenvalue weighted by Gasteiger charge is 2.18. The number of aryl methyl sites for hydroxylation is 3. The van der Waals surface area contributed by atoms with Gasteiger partial charge < -0.3 is 13.9 Å². The van der Waals surface area contributed by atoms with Gasteiger partial charge in [-0.3, -0.25) is 4.90 Å². The van der Waals surface area contributed by atoms with Crippen molar-refractivity contribution in [3.05, 3.63) is 34.7 Å². The molecule has 0 aliphatic carbocycles. The number of nitrogens with zero attached hydrogens (tertiary/aromatic N) is 2. The SMILES string of the molecule is COc1cc(C)c(-c2nc(CN3CCOCC3)c(C)o2)cc1C. The molecule has 23 heavy (non-hydrogen) atoms. The lowest BCUT2D eigenvalue weighted by Gasteiger charge is -2.25. The van der Waals surface area contributed by atoms with E-state index in [1.54, 1.807) is 7.11 Å². The van der Waals surface area contributed by atoms with Crippen LogP contribution in [-0.4, -0.2) is 43.3 Å². The summed E-state index contributed by atoms with van der Waals surface area (Å²) in [5.74, 6) is 2.47. The standard InChI is InChI=1S/C18H24N2O3/c1-12-10-17(21-4)13(2)9-15(12)18-19-16(14(3)23-18)11-20-5-7-22-8-6-20/h9-10H,5-8,11H2,1-4H3. The van der Waals surface area contributed by atoms with Gasteiger partial charge in [-0.15, -0.1) is 0 Å². The molecule has 0 bridgehead atoms. The van der Waals surface area contributed by atoms with E-state index >= 15 is 0 Å². The summed E-state index contributed by atoms with van der Waals surface area (Å²) in [7, 11) is 1.69. The first-order valence-electron chi connectivity index (χ1n) is 8.00. The van der Waals surface area contributed by atoms with Crippen molar-refractivity contribution in [1.82, 2.24) is 9.88 Å². The number of hydrogen-bond acceptors (Lipinski definition) is 5. The van der Waals surface area contributed by atoms with E-state index in [0.717, 1.165) is 66.7 Å². The molecule has 0 radical (unpaired) electrons. The van der Waals surface area contributed by atoms with Crippen molar-refractivity contribution >= 4 is 0 Å². The molecule has 3 rings (SSSR count). The summed E-state index contributed by atoms with van der Waals surface area (Å²) in [6.45, 7) is 10.4. The summed E-state index contributed by atoms with van der Waals surface area (Å²) in [6, 6.07) is 4.11. The molecular formula is C18H24N2O3. The Labute approximate surface area is 137 Å². The number of rotatable bonds is 4. The quantitative estimate of drug-likeness (QED) is 0.867. The summed E-state index contributed by atoms with van der Waals surface area (Å²) in [5, 5.41) is 0. The number of oxazole rings is 1. The number of methoxy groups -OCH3 is 1. The zero-order valence-corrected chi connectivity index (χ0v) is 14.3. The van der Waals surface area contributed by atoms with Crippen LogP contribution in [-0.2, 0) is 11.3 Å². The molecule has 5 heteroatoms. The number of morpholine rings is 1. The summed E-state index contributed by atoms with van der Waals surface area (Å²) in [6.07, 6.45) is 0. The van der Waals surface area contributed by atoms with Crippen LogP contribution < -0.4 is 4.74 Å². The molecule has 1 saturated heterocycles. The maximum absolute atomic E-state index is 5.94. The Morgan fingerprint density at radius 2 is 1.87 bits per heavy atom. The second kappa shape index (κ2) is 6.72. The molecule has 2 heterocycles. The average Bonchev–Trinajstić information content (AvgIpc) is 2.91. The fourth-order valence-corrected chi connectivity index (χ4v) is 2.90. The van der Waals surface area contributed by atoms with Gasteiger partial charge >= 0.3 is 0 Å². The van der Waals surface area contributed by atoms with E-state index in [1.807, 2.05) is 19.9 Å². The summed E-state index contributed by atoms with van der Waals surface area (Å²) in [4.78, 5) is 7.09. The van der Waals surface area contributed by atoms with Crippen LogP contribution in [0.3, 0.4) is 0 Å². The third-order valence-corrected chi connectivity index (χ3v) is 4.34. The molecule has 0 saturated carbocycles. The zero-order chi connectivity index (χ0) is 16.4. The van der Waals surface area contributed by atoms with E-state index in [9.17, 15) is 0 Å². The Morgan fingerprint density at radius 3 is 2.57 bits per heavy atom. The van der Waals surface area contributed by atoms with Crippen molar-refractivity contribution in [2.75, 3.05) is 33.4 Å². The second-order valence-corrected chi connectivity index (χ2v) is 6.05. The minimum atomic E-state index is 0.689. The van der Waals surface area contributed by atoms with Gasteiger partial charge in [-0.25, -0.2) is 4.98 Å². The molecule has 0 unspecified atom stereocenters. The van der Waals surface area contributed by atoms with Crippen LogP contribution in [0.2, 0.25) is 0 Å². The maximum Gasteiger partial charge on any atom is 0.226 e. The molecule has 0 spiro atoms. The lowest BCUT2D eigenvalue weighted by molar-refractivity contribution is 0.0335. The molecule has 1 aliphatic rings. The molecule has 0 atom stereocenters. The van der Waals surface area contributed by atoms with Crippen molar-refractivity contribution < 1.29 is 13.9 Å². The Balaban J connectivity index is 1.86. The number of benzene rings is 1. The molecule has 1 aromatic carbocycles. The predicted molar refractivity (Wildman–Crippen MR) is 88.8 cm³/mol. The molecule has 1 fully saturated rings. The van der Waals surface area contributed by atoms with Gasteiger partial charge in [-0.2, -0.15) is 0 Å². The highest BCUT2D eigenvalue weighted by molar-refractivity contribution is 5.62. The zero-order valence-electron chi connectivity index (χ0n) is 14.3. The molecule has 124 valence electrons. The van der Waals surface area contributed by atoms with E-state index in [1.165, 1.54) is 0 Å². The number of hydrogen-bond donors (Lipinski definition) is 0. The Hall–Kier alpha value is -1.85. The van der Waals surface area contributed by atoms with Crippen molar-refractivity contribution in [2.24, 2.45) is 0 Å². The molecule has 0 amide bonds. The molecule has 0 N–H and O–H groups in total. The number of aromatic nitrogens is 1. The minimum Gasteiger partial charge on any atom is -0.496 e. The van der Waals surface area contributed by atoms with Gasteiger partial charge in [-0.05, 0) is 44.0 Å². The topological polar surface area (TPSA) is 47.7 Å². The number of ether oxygens (including phenoxy) is 2. The van der Waals surface area contributed by atoms with Crippen LogP contribution in [0.5, 0.6) is 5.75 Å². The van der Waals surface area contributed by atoms with Crippen LogP contribution in [0.1, 0.15) is 22.6 Å². The van der Waals surface area contributed by atoms with Crippen LogP contribution in [0.25, 0.3) is 11.5 Å². The second-order valence-electron chi connectivity index (χ2n) is 6.05. The first-order valence-corrected chi connectivity index (χ1v) is 8.00. The largest absolute Gasteiger partial charge is 0.496 e. The van der Waals surface area contributed by atoms with Crippen molar-refractivity contribution in [2.45, 2.75) is 27.3 Å². The van der Waals surface area contributed by atoms with Gasteiger partial charge in [0.05, 0.1) is 26.0 Å². The summed E-state index contributed by atoms with van der Waals surface area (Å²) in [5.41, 5.74) is 4.22. The van der Waals surface area contributed by atoms with Gasteiger partial charge in [0, 0.05) is 25.2 Å². The van der Waals surface area contributed by atoms with Gasteiger partial charge in [0.25, 0.3) is 0 Å². The molecule has 2 aromatic rings. The fourth-order valence-electron chi connectivity index (χ4n) is 2.90. The molecule has 1 aromatic heterocycles. The van der Waals surface area contributed by atoms with Gasteiger partial charge in [0.1, 0.15) is 11.5 Å². The molecular weight excluding hydrogens is 292 g/mol. The smallest absolute Gasteiger partial charge is 0.226 e. The molecule has 1 aliphatic heterocycles. The normalized spacial score (nSPS) is 15.8. The van der Waals surface area contributed by atoms with E-state index in [-0.39, 0.29) is 0 Å². The third kappa shape index (κ3) is 3.41. The lowest BCUT2D eigenvalue weighted by atomic mass is 10.0. The van der Waals surface area contributed by atoms with E-state index in [4.69, 9.17) is 18.9 Å². The highest BCUT2D eigenvalue weighted by Crippen LogP contribution is 2.31. The monoisotopic (exact) mass is 316 g/mol. The maximum atomic E-state index is 5.94. The van der Waals surface area contributed by atoms with Crippen LogP contribution in [0, 0.1) is 20.8 Å². The highest BCUT2D eigenvalue weighted by atomic mass is 16.5. The summed E-state index contributed by atoms with van der Waals surface area (Å²) >= 11 is 0. The molecule has 5 nitrogen and oxygen atoms in total. The van der Waals surface area contributed by atoms with E-state index in [0.29, 0.717) is 5.89 Å². The Bertz CT molecular complexity index is 688. The van der Waals surface area contributed by atoms with Gasteiger partial charge in [0.15, 0.2) is 0 Å². The summed E-state index contributed by atoms with van der Waals surface area (Å²) < 4.78 is 16.7. The Morgan fingerprint density at radius 1 is 1.13 bits per heavy atom. The van der Waals surface area contributed by atoms with Crippen molar-refractivity contribution in [3.63, 3.8) is 0 Å². The lowest BCUT2D eigenvalue weighted by Crippen LogP contribution is -2.35. The van der Waals surface area contributed by atoms with Crippen LogP contribution >= 0.6 is 0 Å². The van der Waals surface area contributed by atoms with Crippen molar-refractivity contribution in [1.29, 1.82) is 0 Å². The fraction of sp³-hybridized carbons (Fsp3) is 0.500. The first kappa shape index (κ1) is 16.0. The Kier molecular flexibility index (Phi) is 4.68. The van der Waals surface area contributed by atoms with Gasteiger partial charge in [-0.1, -0.05) is 0 Å². The van der Waals surface area contributed by atoms with E-state index in [2.05, 4.69) is 17.9 Å². The van der Waals surface area contributed by atoms with E-state index < -0.39 is 0 Å².